The van der Waals surface area contributed by atoms with Gasteiger partial charge >= 0.3 is 0 Å². The van der Waals surface area contributed by atoms with Gasteiger partial charge in [-0.3, -0.25) is 4.79 Å². The molecule has 1 aliphatic rings. The maximum absolute atomic E-state index is 13.0. The second-order valence-electron chi connectivity index (χ2n) is 7.30. The zero-order valence-corrected chi connectivity index (χ0v) is 18.1. The molecule has 2 aromatic carbocycles. The van der Waals surface area contributed by atoms with Crippen LogP contribution in [0.25, 0.3) is 11.3 Å². The van der Waals surface area contributed by atoms with Gasteiger partial charge in [0, 0.05) is 17.7 Å². The van der Waals surface area contributed by atoms with E-state index in [9.17, 15) is 13.2 Å². The summed E-state index contributed by atoms with van der Waals surface area (Å²) >= 11 is 0. The number of methoxy groups -OCH3 is 2. The van der Waals surface area contributed by atoms with E-state index in [1.807, 2.05) is 30.3 Å². The smallest absolute Gasteiger partial charge is 0.260 e. The Labute approximate surface area is 180 Å². The van der Waals surface area contributed by atoms with Crippen LogP contribution in [0.5, 0.6) is 11.5 Å². The van der Waals surface area contributed by atoms with E-state index in [2.05, 4.69) is 10.4 Å². The first-order valence-electron chi connectivity index (χ1n) is 9.79. The third kappa shape index (κ3) is 4.41. The van der Waals surface area contributed by atoms with Gasteiger partial charge in [-0.05, 0) is 18.6 Å². The first kappa shape index (κ1) is 20.9. The van der Waals surface area contributed by atoms with E-state index in [1.165, 1.54) is 14.2 Å². The molecule has 9 heteroatoms. The number of aromatic nitrogens is 2. The minimum absolute atomic E-state index is 0.00234. The largest absolute Gasteiger partial charge is 0.497 e. The topological polar surface area (TPSA) is 99.5 Å². The van der Waals surface area contributed by atoms with Gasteiger partial charge in [-0.2, -0.15) is 5.10 Å². The van der Waals surface area contributed by atoms with Crippen LogP contribution >= 0.6 is 0 Å². The third-order valence-corrected chi connectivity index (χ3v) is 7.00. The number of ether oxygens (including phenoxy) is 2. The van der Waals surface area contributed by atoms with Gasteiger partial charge < -0.3 is 14.8 Å². The number of rotatable bonds is 6. The number of amides is 1. The van der Waals surface area contributed by atoms with E-state index >= 15 is 0 Å². The molecule has 0 aliphatic carbocycles. The highest BCUT2D eigenvalue weighted by Crippen LogP contribution is 2.31. The molecule has 4 rings (SSSR count). The summed E-state index contributed by atoms with van der Waals surface area (Å²) in [7, 11) is -0.108. The summed E-state index contributed by atoms with van der Waals surface area (Å²) in [6.45, 7) is 0. The van der Waals surface area contributed by atoms with Gasteiger partial charge in [-0.1, -0.05) is 30.3 Å². The van der Waals surface area contributed by atoms with Crippen LogP contribution in [0.3, 0.4) is 0 Å². The van der Waals surface area contributed by atoms with Crippen LogP contribution < -0.4 is 14.8 Å². The first-order valence-corrected chi connectivity index (χ1v) is 11.6. The van der Waals surface area contributed by atoms with Gasteiger partial charge in [0.25, 0.3) is 5.91 Å². The van der Waals surface area contributed by atoms with Crippen LogP contribution in [-0.4, -0.2) is 49.8 Å². The molecule has 1 amide bonds. The quantitative estimate of drug-likeness (QED) is 0.631. The molecule has 1 aliphatic heterocycles. The molecule has 1 fully saturated rings. The van der Waals surface area contributed by atoms with E-state index in [-0.39, 0.29) is 23.5 Å². The molecule has 162 valence electrons. The maximum Gasteiger partial charge on any atom is 0.260 e. The summed E-state index contributed by atoms with van der Waals surface area (Å²) in [4.78, 5) is 13.0. The van der Waals surface area contributed by atoms with Crippen molar-refractivity contribution in [2.75, 3.05) is 31.0 Å². The Balaban J connectivity index is 1.70. The second-order valence-corrected chi connectivity index (χ2v) is 9.53. The fourth-order valence-corrected chi connectivity index (χ4v) is 5.35. The monoisotopic (exact) mass is 441 g/mol. The Morgan fingerprint density at radius 1 is 1.10 bits per heavy atom. The predicted octanol–water partition coefficient (Wildman–Crippen LogP) is 3.18. The van der Waals surface area contributed by atoms with Crippen molar-refractivity contribution in [3.63, 3.8) is 0 Å². The minimum atomic E-state index is -3.12. The molecule has 1 aromatic heterocycles. The molecular formula is C22H23N3O5S. The van der Waals surface area contributed by atoms with Crippen molar-refractivity contribution in [1.82, 2.24) is 9.78 Å². The zero-order valence-electron chi connectivity index (χ0n) is 17.2. The van der Waals surface area contributed by atoms with Crippen molar-refractivity contribution in [1.29, 1.82) is 0 Å². The summed E-state index contributed by atoms with van der Waals surface area (Å²) in [5.74, 6) is 1.09. The van der Waals surface area contributed by atoms with Crippen molar-refractivity contribution in [2.45, 2.75) is 12.5 Å². The predicted molar refractivity (Wildman–Crippen MR) is 117 cm³/mol. The van der Waals surface area contributed by atoms with E-state index < -0.39 is 9.84 Å². The minimum Gasteiger partial charge on any atom is -0.497 e. The van der Waals surface area contributed by atoms with Crippen molar-refractivity contribution in [3.8, 4) is 22.8 Å². The number of benzene rings is 2. The summed E-state index contributed by atoms with van der Waals surface area (Å²) in [6.07, 6.45) is 0.451. The van der Waals surface area contributed by atoms with Crippen LogP contribution in [0.15, 0.2) is 54.6 Å². The lowest BCUT2D eigenvalue weighted by atomic mass is 10.1. The standard InChI is InChI=1S/C22H23N3O5S/c1-29-17-8-9-18(20(12-17)30-2)22(26)23-21-13-19(15-6-4-3-5-7-15)24-25(21)16-10-11-31(27,28)14-16/h3-9,12-13,16H,10-11,14H2,1-2H3,(H,23,26)/t16-/m0/s1. The Hall–Kier alpha value is -3.33. The number of nitrogens with one attached hydrogen (secondary N) is 1. The van der Waals surface area contributed by atoms with Crippen molar-refractivity contribution < 1.29 is 22.7 Å². The van der Waals surface area contributed by atoms with Crippen LogP contribution in [-0.2, 0) is 9.84 Å². The maximum atomic E-state index is 13.0. The molecular weight excluding hydrogens is 418 g/mol. The number of anilines is 1. The fourth-order valence-electron chi connectivity index (χ4n) is 3.65. The van der Waals surface area contributed by atoms with Crippen molar-refractivity contribution in [2.24, 2.45) is 0 Å². The summed E-state index contributed by atoms with van der Waals surface area (Å²) < 4.78 is 36.2. The lowest BCUT2D eigenvalue weighted by Gasteiger charge is -2.15. The molecule has 0 bridgehead atoms. The van der Waals surface area contributed by atoms with Crippen LogP contribution in [0.4, 0.5) is 5.82 Å². The van der Waals surface area contributed by atoms with Crippen LogP contribution in [0.1, 0.15) is 22.8 Å². The Bertz CT molecular complexity index is 1210. The van der Waals surface area contributed by atoms with Gasteiger partial charge in [0.05, 0.1) is 43.0 Å². The number of carbonyl (C=O) groups is 1. The summed E-state index contributed by atoms with van der Waals surface area (Å²) in [6, 6.07) is 15.9. The average molecular weight is 442 g/mol. The highest BCUT2D eigenvalue weighted by atomic mass is 32.2. The SMILES string of the molecule is COc1ccc(C(=O)Nc2cc(-c3ccccc3)nn2[C@H]2CCS(=O)(=O)C2)c(OC)c1. The summed E-state index contributed by atoms with van der Waals surface area (Å²) in [5, 5.41) is 7.51. The third-order valence-electron chi connectivity index (χ3n) is 5.25. The van der Waals surface area contributed by atoms with Crippen LogP contribution in [0.2, 0.25) is 0 Å². The Morgan fingerprint density at radius 3 is 2.52 bits per heavy atom. The average Bonchev–Trinajstić information content (AvgIpc) is 3.36. The molecule has 31 heavy (non-hydrogen) atoms. The van der Waals surface area contributed by atoms with Crippen LogP contribution in [0, 0.1) is 0 Å². The molecule has 1 N–H and O–H groups in total. The molecule has 0 spiro atoms. The van der Waals surface area contributed by atoms with E-state index in [4.69, 9.17) is 9.47 Å². The molecule has 0 unspecified atom stereocenters. The molecule has 8 nitrogen and oxygen atoms in total. The number of sulfone groups is 1. The number of carbonyl (C=O) groups excluding carboxylic acids is 1. The number of nitrogens with zero attached hydrogens (tertiary/aromatic N) is 2. The van der Waals surface area contributed by atoms with E-state index in [0.29, 0.717) is 35.0 Å². The van der Waals surface area contributed by atoms with Gasteiger partial charge in [0.2, 0.25) is 0 Å². The van der Waals surface area contributed by atoms with Gasteiger partial charge in [0.15, 0.2) is 9.84 Å². The van der Waals surface area contributed by atoms with E-state index in [1.54, 1.807) is 28.9 Å². The van der Waals surface area contributed by atoms with E-state index in [0.717, 1.165) is 5.56 Å². The lowest BCUT2D eigenvalue weighted by Crippen LogP contribution is -2.20. The van der Waals surface area contributed by atoms with Gasteiger partial charge in [0.1, 0.15) is 17.3 Å². The normalized spacial score (nSPS) is 17.3. The van der Waals surface area contributed by atoms with Gasteiger partial charge in [-0.15, -0.1) is 0 Å². The number of hydrogen-bond acceptors (Lipinski definition) is 6. The highest BCUT2D eigenvalue weighted by Gasteiger charge is 2.32. The Kier molecular flexibility index (Phi) is 5.69. The molecule has 2 heterocycles. The zero-order chi connectivity index (χ0) is 22.0. The first-order chi connectivity index (χ1) is 14.9. The van der Waals surface area contributed by atoms with Gasteiger partial charge in [-0.25, -0.2) is 13.1 Å². The van der Waals surface area contributed by atoms with Crippen molar-refractivity contribution in [3.05, 3.63) is 60.2 Å². The molecule has 1 atom stereocenters. The molecule has 0 saturated carbocycles. The molecule has 0 radical (unpaired) electrons. The van der Waals surface area contributed by atoms with Crippen molar-refractivity contribution >= 4 is 21.6 Å². The Morgan fingerprint density at radius 2 is 1.87 bits per heavy atom. The highest BCUT2D eigenvalue weighted by molar-refractivity contribution is 7.91. The fraction of sp³-hybridized carbons (Fsp3) is 0.273. The number of hydrogen-bond donors (Lipinski definition) is 1. The molecule has 1 saturated heterocycles. The summed E-state index contributed by atoms with van der Waals surface area (Å²) in [5.41, 5.74) is 1.86. The second kappa shape index (κ2) is 8.43. The lowest BCUT2D eigenvalue weighted by molar-refractivity contribution is 0.102. The molecule has 3 aromatic rings.